The summed E-state index contributed by atoms with van der Waals surface area (Å²) in [5, 5.41) is 4.32. The van der Waals surface area contributed by atoms with Crippen molar-refractivity contribution in [2.24, 2.45) is 0 Å². The zero-order valence-corrected chi connectivity index (χ0v) is 11.8. The molecular formula is C14H17N3O3. The van der Waals surface area contributed by atoms with Crippen LogP contribution in [0.3, 0.4) is 0 Å². The number of aryl methyl sites for hydroxylation is 1. The Bertz CT molecular complexity index is 607. The predicted molar refractivity (Wildman–Crippen MR) is 72.8 cm³/mol. The Balaban J connectivity index is 2.39. The predicted octanol–water partition coefficient (Wildman–Crippen LogP) is 1.90. The summed E-state index contributed by atoms with van der Waals surface area (Å²) in [6.07, 6.45) is 3.31. The molecule has 2 aromatic rings. The number of ether oxygens (including phenoxy) is 2. The summed E-state index contributed by atoms with van der Waals surface area (Å²) >= 11 is 0. The number of hydrogen-bond donors (Lipinski definition) is 0. The number of hydrogen-bond acceptors (Lipinski definition) is 5. The Labute approximate surface area is 117 Å². The Morgan fingerprint density at radius 1 is 1.45 bits per heavy atom. The third-order valence-corrected chi connectivity index (χ3v) is 2.78. The molecule has 0 unspecified atom stereocenters. The number of aromatic nitrogens is 3. The molecule has 0 radical (unpaired) electrons. The molecule has 106 valence electrons. The second-order valence-corrected chi connectivity index (χ2v) is 4.21. The summed E-state index contributed by atoms with van der Waals surface area (Å²) in [5.41, 5.74) is 1.95. The molecule has 2 rings (SSSR count). The van der Waals surface area contributed by atoms with Gasteiger partial charge in [-0.05, 0) is 19.9 Å². The largest absolute Gasteiger partial charge is 0.462 e. The molecule has 20 heavy (non-hydrogen) atoms. The minimum absolute atomic E-state index is 0.335. The first-order valence-corrected chi connectivity index (χ1v) is 6.34. The molecule has 0 saturated carbocycles. The van der Waals surface area contributed by atoms with Crippen LogP contribution in [0.25, 0.3) is 5.82 Å². The van der Waals surface area contributed by atoms with E-state index >= 15 is 0 Å². The molecule has 6 nitrogen and oxygen atoms in total. The molecule has 6 heteroatoms. The Kier molecular flexibility index (Phi) is 4.47. The molecular weight excluding hydrogens is 258 g/mol. The van der Waals surface area contributed by atoms with E-state index in [4.69, 9.17) is 9.47 Å². The fourth-order valence-electron chi connectivity index (χ4n) is 1.88. The Hall–Kier alpha value is -2.21. The smallest absolute Gasteiger partial charge is 0.341 e. The normalized spacial score (nSPS) is 10.6. The maximum atomic E-state index is 11.8. The number of carbonyl (C=O) groups excluding carboxylic acids is 1. The van der Waals surface area contributed by atoms with Gasteiger partial charge >= 0.3 is 5.97 Å². The van der Waals surface area contributed by atoms with Crippen molar-refractivity contribution in [1.82, 2.24) is 14.8 Å². The number of esters is 1. The molecule has 0 N–H and O–H groups in total. The number of rotatable bonds is 5. The van der Waals surface area contributed by atoms with Gasteiger partial charge < -0.3 is 9.47 Å². The van der Waals surface area contributed by atoms with Crippen LogP contribution < -0.4 is 0 Å². The van der Waals surface area contributed by atoms with E-state index in [1.165, 1.54) is 0 Å². The van der Waals surface area contributed by atoms with Gasteiger partial charge in [-0.3, -0.25) is 0 Å². The highest BCUT2D eigenvalue weighted by Crippen LogP contribution is 2.15. The highest BCUT2D eigenvalue weighted by atomic mass is 16.5. The lowest BCUT2D eigenvalue weighted by Crippen LogP contribution is -2.05. The van der Waals surface area contributed by atoms with Crippen LogP contribution in [0.4, 0.5) is 0 Å². The molecule has 0 atom stereocenters. The van der Waals surface area contributed by atoms with Gasteiger partial charge in [0.1, 0.15) is 5.56 Å². The van der Waals surface area contributed by atoms with Crippen LogP contribution in [0.2, 0.25) is 0 Å². The Morgan fingerprint density at radius 3 is 2.95 bits per heavy atom. The average Bonchev–Trinajstić information content (AvgIpc) is 2.82. The summed E-state index contributed by atoms with van der Waals surface area (Å²) in [6.45, 7) is 4.30. The van der Waals surface area contributed by atoms with Gasteiger partial charge in [0.25, 0.3) is 0 Å². The number of nitrogens with zero attached hydrogens (tertiary/aromatic N) is 3. The average molecular weight is 275 g/mol. The van der Waals surface area contributed by atoms with Crippen molar-refractivity contribution < 1.29 is 14.3 Å². The van der Waals surface area contributed by atoms with Crippen LogP contribution >= 0.6 is 0 Å². The molecule has 0 aromatic carbocycles. The van der Waals surface area contributed by atoms with Gasteiger partial charge in [-0.2, -0.15) is 5.10 Å². The first-order chi connectivity index (χ1) is 9.67. The van der Waals surface area contributed by atoms with Gasteiger partial charge in [-0.15, -0.1) is 0 Å². The minimum atomic E-state index is -0.375. The molecule has 0 aliphatic rings. The standard InChI is InChI=1S/C14H17N3O3/c1-4-20-14(18)12-8-17(16-10(12)2)13-11(9-19-3)6-5-7-15-13/h5-8H,4,9H2,1-3H3. The van der Waals surface area contributed by atoms with Crippen molar-refractivity contribution in [2.75, 3.05) is 13.7 Å². The van der Waals surface area contributed by atoms with Crippen molar-refractivity contribution >= 4 is 5.97 Å². The zero-order chi connectivity index (χ0) is 14.5. The van der Waals surface area contributed by atoms with E-state index in [1.807, 2.05) is 12.1 Å². The molecule has 2 heterocycles. The van der Waals surface area contributed by atoms with Crippen molar-refractivity contribution in [1.29, 1.82) is 0 Å². The van der Waals surface area contributed by atoms with E-state index in [0.717, 1.165) is 5.56 Å². The molecule has 0 spiro atoms. The molecule has 2 aromatic heterocycles. The lowest BCUT2D eigenvalue weighted by molar-refractivity contribution is 0.0525. The maximum absolute atomic E-state index is 11.8. The van der Waals surface area contributed by atoms with Crippen LogP contribution in [0.15, 0.2) is 24.5 Å². The minimum Gasteiger partial charge on any atom is -0.462 e. The van der Waals surface area contributed by atoms with Crippen LogP contribution in [-0.2, 0) is 16.1 Å². The molecule has 0 amide bonds. The van der Waals surface area contributed by atoms with E-state index in [2.05, 4.69) is 10.1 Å². The van der Waals surface area contributed by atoms with Crippen LogP contribution in [0.5, 0.6) is 0 Å². The molecule has 0 bridgehead atoms. The monoisotopic (exact) mass is 275 g/mol. The summed E-state index contributed by atoms with van der Waals surface area (Å²) < 4.78 is 11.7. The van der Waals surface area contributed by atoms with Crippen molar-refractivity contribution in [3.63, 3.8) is 0 Å². The van der Waals surface area contributed by atoms with Gasteiger partial charge in [-0.25, -0.2) is 14.5 Å². The number of pyridine rings is 1. The van der Waals surface area contributed by atoms with Crippen LogP contribution in [-0.4, -0.2) is 34.5 Å². The quantitative estimate of drug-likeness (QED) is 0.780. The van der Waals surface area contributed by atoms with Crippen LogP contribution in [0.1, 0.15) is 28.5 Å². The van der Waals surface area contributed by atoms with Gasteiger partial charge in [0, 0.05) is 25.1 Å². The van der Waals surface area contributed by atoms with E-state index in [9.17, 15) is 4.79 Å². The highest BCUT2D eigenvalue weighted by molar-refractivity contribution is 5.90. The van der Waals surface area contributed by atoms with E-state index < -0.39 is 0 Å². The van der Waals surface area contributed by atoms with E-state index in [0.29, 0.717) is 30.3 Å². The fraction of sp³-hybridized carbons (Fsp3) is 0.357. The summed E-state index contributed by atoms with van der Waals surface area (Å²) in [5.74, 6) is 0.272. The lowest BCUT2D eigenvalue weighted by atomic mass is 10.2. The lowest BCUT2D eigenvalue weighted by Gasteiger charge is -2.06. The van der Waals surface area contributed by atoms with E-state index in [1.54, 1.807) is 38.0 Å². The molecule has 0 saturated heterocycles. The molecule has 0 aliphatic carbocycles. The molecule has 0 aliphatic heterocycles. The maximum Gasteiger partial charge on any atom is 0.341 e. The van der Waals surface area contributed by atoms with Gasteiger partial charge in [0.15, 0.2) is 5.82 Å². The third-order valence-electron chi connectivity index (χ3n) is 2.78. The first-order valence-electron chi connectivity index (χ1n) is 6.34. The number of carbonyl (C=O) groups is 1. The molecule has 0 fully saturated rings. The summed E-state index contributed by atoms with van der Waals surface area (Å²) in [7, 11) is 1.62. The second-order valence-electron chi connectivity index (χ2n) is 4.21. The zero-order valence-electron chi connectivity index (χ0n) is 11.8. The first kappa shape index (κ1) is 14.2. The summed E-state index contributed by atoms with van der Waals surface area (Å²) in [6, 6.07) is 3.74. The van der Waals surface area contributed by atoms with Crippen molar-refractivity contribution in [3.05, 3.63) is 41.3 Å². The number of methoxy groups -OCH3 is 1. The summed E-state index contributed by atoms with van der Waals surface area (Å²) in [4.78, 5) is 16.1. The van der Waals surface area contributed by atoms with Crippen molar-refractivity contribution in [2.45, 2.75) is 20.5 Å². The second kappa shape index (κ2) is 6.29. The third kappa shape index (κ3) is 2.85. The van der Waals surface area contributed by atoms with Gasteiger partial charge in [0.05, 0.1) is 18.9 Å². The van der Waals surface area contributed by atoms with E-state index in [-0.39, 0.29) is 5.97 Å². The van der Waals surface area contributed by atoms with Gasteiger partial charge in [0.2, 0.25) is 0 Å². The fourth-order valence-corrected chi connectivity index (χ4v) is 1.88. The Morgan fingerprint density at radius 2 is 2.25 bits per heavy atom. The van der Waals surface area contributed by atoms with Crippen molar-refractivity contribution in [3.8, 4) is 5.82 Å². The topological polar surface area (TPSA) is 66.2 Å². The van der Waals surface area contributed by atoms with Gasteiger partial charge in [-0.1, -0.05) is 6.07 Å². The van der Waals surface area contributed by atoms with Crippen LogP contribution in [0, 0.1) is 6.92 Å². The highest BCUT2D eigenvalue weighted by Gasteiger charge is 2.16. The SMILES string of the molecule is CCOC(=O)c1cn(-c2ncccc2COC)nc1C.